The minimum absolute atomic E-state index is 0.0209. The predicted octanol–water partition coefficient (Wildman–Crippen LogP) is 1.72. The van der Waals surface area contributed by atoms with E-state index in [4.69, 9.17) is 4.74 Å². The lowest BCUT2D eigenvalue weighted by atomic mass is 10.00. The van der Waals surface area contributed by atoms with Crippen LogP contribution in [0.2, 0.25) is 0 Å². The number of amides is 1. The van der Waals surface area contributed by atoms with Crippen LogP contribution in [0.1, 0.15) is 43.1 Å². The van der Waals surface area contributed by atoms with Gasteiger partial charge in [0.1, 0.15) is 11.5 Å². The number of hydrogen-bond donors (Lipinski definition) is 0. The zero-order valence-electron chi connectivity index (χ0n) is 13.2. The molecule has 2 fully saturated rings. The summed E-state index contributed by atoms with van der Waals surface area (Å²) >= 11 is 0. The second-order valence-corrected chi connectivity index (χ2v) is 5.92. The topological polar surface area (TPSA) is 58.6 Å². The molecule has 0 aliphatic carbocycles. The van der Waals surface area contributed by atoms with Crippen LogP contribution in [0.15, 0.2) is 12.4 Å². The minimum atomic E-state index is 0.0209. The van der Waals surface area contributed by atoms with Gasteiger partial charge < -0.3 is 14.5 Å². The van der Waals surface area contributed by atoms with Gasteiger partial charge in [-0.3, -0.25) is 4.79 Å². The molecule has 0 bridgehead atoms. The smallest absolute Gasteiger partial charge is 0.274 e. The average molecular weight is 304 g/mol. The van der Waals surface area contributed by atoms with Gasteiger partial charge >= 0.3 is 0 Å². The molecule has 0 N–H and O–H groups in total. The van der Waals surface area contributed by atoms with Gasteiger partial charge in [0.05, 0.1) is 25.6 Å². The molecule has 2 aliphatic rings. The third-order valence-electron chi connectivity index (χ3n) is 4.55. The van der Waals surface area contributed by atoms with Crippen LogP contribution >= 0.6 is 0 Å². The van der Waals surface area contributed by atoms with Crippen LogP contribution in [-0.4, -0.2) is 59.7 Å². The third-order valence-corrected chi connectivity index (χ3v) is 4.55. The Morgan fingerprint density at radius 2 is 2.05 bits per heavy atom. The van der Waals surface area contributed by atoms with Crippen molar-refractivity contribution in [2.24, 2.45) is 0 Å². The van der Waals surface area contributed by atoms with E-state index in [0.717, 1.165) is 44.7 Å². The molecule has 6 heteroatoms. The molecule has 1 aromatic rings. The van der Waals surface area contributed by atoms with Crippen LogP contribution in [0.5, 0.6) is 0 Å². The lowest BCUT2D eigenvalue weighted by Gasteiger charge is -2.35. The maximum absolute atomic E-state index is 12.6. The molecular weight excluding hydrogens is 280 g/mol. The van der Waals surface area contributed by atoms with Crippen LogP contribution < -0.4 is 4.90 Å². The van der Waals surface area contributed by atoms with Gasteiger partial charge in [-0.15, -0.1) is 0 Å². The molecule has 22 heavy (non-hydrogen) atoms. The van der Waals surface area contributed by atoms with Crippen LogP contribution in [0.3, 0.4) is 0 Å². The highest BCUT2D eigenvalue weighted by Crippen LogP contribution is 2.21. The van der Waals surface area contributed by atoms with Crippen molar-refractivity contribution in [3.63, 3.8) is 0 Å². The number of aromatic nitrogens is 2. The number of carbonyl (C=O) groups is 1. The van der Waals surface area contributed by atoms with Gasteiger partial charge in [0.15, 0.2) is 0 Å². The lowest BCUT2D eigenvalue weighted by Crippen LogP contribution is -2.43. The highest BCUT2D eigenvalue weighted by atomic mass is 16.5. The van der Waals surface area contributed by atoms with Crippen LogP contribution in [-0.2, 0) is 4.74 Å². The Kier molecular flexibility index (Phi) is 4.87. The Morgan fingerprint density at radius 3 is 2.73 bits per heavy atom. The fraction of sp³-hybridized carbons (Fsp3) is 0.688. The standard InChI is InChI=1S/C16H24N4O2/c1-2-13-5-3-4-6-20(13)16(21)14-11-18-15(12-17-14)19-7-9-22-10-8-19/h11-13H,2-10H2,1H3. The molecule has 0 radical (unpaired) electrons. The monoisotopic (exact) mass is 304 g/mol. The summed E-state index contributed by atoms with van der Waals surface area (Å²) in [4.78, 5) is 25.6. The molecule has 0 saturated carbocycles. The number of nitrogens with zero attached hydrogens (tertiary/aromatic N) is 4. The van der Waals surface area contributed by atoms with E-state index in [1.807, 2.05) is 4.90 Å². The Labute approximate surface area is 131 Å². The van der Waals surface area contributed by atoms with Crippen molar-refractivity contribution in [1.82, 2.24) is 14.9 Å². The SMILES string of the molecule is CCC1CCCCN1C(=O)c1cnc(N2CCOCC2)cn1. The van der Waals surface area contributed by atoms with Crippen molar-refractivity contribution in [3.8, 4) is 0 Å². The molecule has 0 aromatic carbocycles. The van der Waals surface area contributed by atoms with Gasteiger partial charge in [0, 0.05) is 25.7 Å². The van der Waals surface area contributed by atoms with E-state index in [9.17, 15) is 4.79 Å². The quantitative estimate of drug-likeness (QED) is 0.851. The van der Waals surface area contributed by atoms with E-state index in [1.165, 1.54) is 6.42 Å². The molecule has 3 rings (SSSR count). The van der Waals surface area contributed by atoms with Gasteiger partial charge in [-0.2, -0.15) is 0 Å². The molecule has 6 nitrogen and oxygen atoms in total. The summed E-state index contributed by atoms with van der Waals surface area (Å²) in [6, 6.07) is 0.349. The molecule has 1 unspecified atom stereocenters. The van der Waals surface area contributed by atoms with Crippen molar-refractivity contribution in [2.45, 2.75) is 38.6 Å². The van der Waals surface area contributed by atoms with Crippen LogP contribution in [0, 0.1) is 0 Å². The summed E-state index contributed by atoms with van der Waals surface area (Å²) in [6.07, 6.45) is 7.73. The summed E-state index contributed by atoms with van der Waals surface area (Å²) in [5.41, 5.74) is 0.456. The second-order valence-electron chi connectivity index (χ2n) is 5.92. The number of carbonyl (C=O) groups excluding carboxylic acids is 1. The van der Waals surface area contributed by atoms with Gasteiger partial charge in [0.2, 0.25) is 0 Å². The molecule has 120 valence electrons. The van der Waals surface area contributed by atoms with E-state index in [2.05, 4.69) is 21.8 Å². The number of rotatable bonds is 3. The highest BCUT2D eigenvalue weighted by Gasteiger charge is 2.27. The van der Waals surface area contributed by atoms with Crippen molar-refractivity contribution in [1.29, 1.82) is 0 Å². The Balaban J connectivity index is 1.70. The van der Waals surface area contributed by atoms with Gasteiger partial charge in [-0.05, 0) is 25.7 Å². The normalized spacial score (nSPS) is 22.7. The van der Waals surface area contributed by atoms with Gasteiger partial charge in [-0.1, -0.05) is 6.92 Å². The highest BCUT2D eigenvalue weighted by molar-refractivity contribution is 5.92. The molecule has 3 heterocycles. The Morgan fingerprint density at radius 1 is 1.23 bits per heavy atom. The first kappa shape index (κ1) is 15.2. The number of piperidine rings is 1. The Hall–Kier alpha value is -1.69. The van der Waals surface area contributed by atoms with E-state index >= 15 is 0 Å². The summed E-state index contributed by atoms with van der Waals surface area (Å²) in [7, 11) is 0. The summed E-state index contributed by atoms with van der Waals surface area (Å²) in [6.45, 7) is 6.06. The Bertz CT molecular complexity index is 499. The number of morpholine rings is 1. The van der Waals surface area contributed by atoms with E-state index in [1.54, 1.807) is 12.4 Å². The van der Waals surface area contributed by atoms with Gasteiger partial charge in [-0.25, -0.2) is 9.97 Å². The minimum Gasteiger partial charge on any atom is -0.378 e. The maximum atomic E-state index is 12.6. The van der Waals surface area contributed by atoms with E-state index in [0.29, 0.717) is 24.9 Å². The van der Waals surface area contributed by atoms with E-state index < -0.39 is 0 Å². The first-order valence-electron chi connectivity index (χ1n) is 8.25. The zero-order valence-corrected chi connectivity index (χ0v) is 13.2. The predicted molar refractivity (Wildman–Crippen MR) is 84.0 cm³/mol. The molecule has 0 spiro atoms. The summed E-state index contributed by atoms with van der Waals surface area (Å²) in [5.74, 6) is 0.845. The number of likely N-dealkylation sites (tertiary alicyclic amines) is 1. The fourth-order valence-corrected chi connectivity index (χ4v) is 3.23. The van der Waals surface area contributed by atoms with Crippen molar-refractivity contribution >= 4 is 11.7 Å². The fourth-order valence-electron chi connectivity index (χ4n) is 3.23. The summed E-state index contributed by atoms with van der Waals surface area (Å²) < 4.78 is 5.34. The van der Waals surface area contributed by atoms with Crippen LogP contribution in [0.4, 0.5) is 5.82 Å². The maximum Gasteiger partial charge on any atom is 0.274 e. The number of ether oxygens (including phenoxy) is 1. The van der Waals surface area contributed by atoms with Crippen molar-refractivity contribution < 1.29 is 9.53 Å². The zero-order chi connectivity index (χ0) is 15.4. The lowest BCUT2D eigenvalue weighted by molar-refractivity contribution is 0.0601. The molecular formula is C16H24N4O2. The first-order chi connectivity index (χ1) is 10.8. The number of anilines is 1. The van der Waals surface area contributed by atoms with E-state index in [-0.39, 0.29) is 5.91 Å². The molecule has 2 saturated heterocycles. The van der Waals surface area contributed by atoms with Crippen molar-refractivity contribution in [2.75, 3.05) is 37.7 Å². The van der Waals surface area contributed by atoms with Crippen LogP contribution in [0.25, 0.3) is 0 Å². The van der Waals surface area contributed by atoms with Gasteiger partial charge in [0.25, 0.3) is 5.91 Å². The first-order valence-corrected chi connectivity index (χ1v) is 8.25. The largest absolute Gasteiger partial charge is 0.378 e. The average Bonchev–Trinajstić information content (AvgIpc) is 2.62. The molecule has 1 amide bonds. The second kappa shape index (κ2) is 7.05. The summed E-state index contributed by atoms with van der Waals surface area (Å²) in [5, 5.41) is 0. The molecule has 2 aliphatic heterocycles. The molecule has 1 atom stereocenters. The molecule has 1 aromatic heterocycles. The van der Waals surface area contributed by atoms with Crippen molar-refractivity contribution in [3.05, 3.63) is 18.1 Å². The third kappa shape index (κ3) is 3.21. The number of hydrogen-bond acceptors (Lipinski definition) is 5.